The predicted octanol–water partition coefficient (Wildman–Crippen LogP) is 1.45. The van der Waals surface area contributed by atoms with Crippen molar-refractivity contribution in [2.24, 2.45) is 0 Å². The monoisotopic (exact) mass is 216 g/mol. The number of nitrogens with zero attached hydrogens (tertiary/aromatic N) is 1. The SMILES string of the molecule is CN1CCNC2(CCc3ccccc3C2)C1. The van der Waals surface area contributed by atoms with Crippen molar-refractivity contribution in [1.82, 2.24) is 10.2 Å². The second kappa shape index (κ2) is 3.86. The number of hydrogen-bond donors (Lipinski definition) is 1. The van der Waals surface area contributed by atoms with Gasteiger partial charge in [0.25, 0.3) is 0 Å². The van der Waals surface area contributed by atoms with Gasteiger partial charge in [-0.2, -0.15) is 0 Å². The number of hydrogen-bond acceptors (Lipinski definition) is 2. The zero-order valence-electron chi connectivity index (χ0n) is 10.00. The van der Waals surface area contributed by atoms with Gasteiger partial charge in [0.05, 0.1) is 0 Å². The van der Waals surface area contributed by atoms with Crippen LogP contribution in [0.15, 0.2) is 24.3 Å². The average molecular weight is 216 g/mol. The van der Waals surface area contributed by atoms with E-state index in [1.165, 1.54) is 32.4 Å². The molecule has 1 N–H and O–H groups in total. The molecule has 1 aromatic rings. The summed E-state index contributed by atoms with van der Waals surface area (Å²) in [5.74, 6) is 0. The zero-order valence-corrected chi connectivity index (χ0v) is 10.00. The lowest BCUT2D eigenvalue weighted by molar-refractivity contribution is 0.142. The summed E-state index contributed by atoms with van der Waals surface area (Å²) in [7, 11) is 2.24. The lowest BCUT2D eigenvalue weighted by Crippen LogP contribution is -2.61. The quantitative estimate of drug-likeness (QED) is 0.706. The summed E-state index contributed by atoms with van der Waals surface area (Å²) in [6, 6.07) is 8.92. The summed E-state index contributed by atoms with van der Waals surface area (Å²) in [6.07, 6.45) is 3.72. The first kappa shape index (κ1) is 10.3. The molecule has 1 saturated heterocycles. The third-order valence-corrected chi connectivity index (χ3v) is 4.09. The van der Waals surface area contributed by atoms with Crippen LogP contribution in [0.1, 0.15) is 17.5 Å². The van der Waals surface area contributed by atoms with E-state index in [4.69, 9.17) is 0 Å². The molecule has 3 rings (SSSR count). The van der Waals surface area contributed by atoms with Gasteiger partial charge < -0.3 is 10.2 Å². The maximum atomic E-state index is 3.76. The molecule has 0 saturated carbocycles. The van der Waals surface area contributed by atoms with Crippen LogP contribution >= 0.6 is 0 Å². The molecule has 0 aromatic heterocycles. The molecule has 1 spiro atoms. The van der Waals surface area contributed by atoms with Gasteiger partial charge in [0.2, 0.25) is 0 Å². The zero-order chi connectivity index (χ0) is 11.0. The van der Waals surface area contributed by atoms with Crippen LogP contribution in [-0.4, -0.2) is 37.1 Å². The number of benzene rings is 1. The minimum atomic E-state index is 0.349. The van der Waals surface area contributed by atoms with Crippen LogP contribution < -0.4 is 5.32 Å². The number of piperazine rings is 1. The minimum absolute atomic E-state index is 0.349. The summed E-state index contributed by atoms with van der Waals surface area (Å²) in [4.78, 5) is 2.46. The first-order chi connectivity index (χ1) is 7.77. The fourth-order valence-electron chi connectivity index (χ4n) is 3.25. The van der Waals surface area contributed by atoms with Crippen molar-refractivity contribution in [2.45, 2.75) is 24.8 Å². The lowest BCUT2D eigenvalue weighted by atomic mass is 9.77. The summed E-state index contributed by atoms with van der Waals surface area (Å²) < 4.78 is 0. The highest BCUT2D eigenvalue weighted by Crippen LogP contribution is 2.30. The Hall–Kier alpha value is -0.860. The van der Waals surface area contributed by atoms with Crippen molar-refractivity contribution < 1.29 is 0 Å². The largest absolute Gasteiger partial charge is 0.308 e. The Labute approximate surface area is 97.6 Å². The van der Waals surface area contributed by atoms with E-state index in [2.05, 4.69) is 41.5 Å². The first-order valence-corrected chi connectivity index (χ1v) is 6.28. The Bertz CT molecular complexity index is 388. The van der Waals surface area contributed by atoms with Gasteiger partial charge in [0.1, 0.15) is 0 Å². The fraction of sp³-hybridized carbons (Fsp3) is 0.571. The third-order valence-electron chi connectivity index (χ3n) is 4.09. The number of nitrogens with one attached hydrogen (secondary N) is 1. The van der Waals surface area contributed by atoms with E-state index < -0.39 is 0 Å². The highest BCUT2D eigenvalue weighted by Gasteiger charge is 2.36. The molecule has 0 amide bonds. The van der Waals surface area contributed by atoms with E-state index in [-0.39, 0.29) is 0 Å². The third kappa shape index (κ3) is 1.76. The Morgan fingerprint density at radius 3 is 2.88 bits per heavy atom. The van der Waals surface area contributed by atoms with Gasteiger partial charge in [-0.25, -0.2) is 0 Å². The summed E-state index contributed by atoms with van der Waals surface area (Å²) in [6.45, 7) is 3.52. The maximum Gasteiger partial charge on any atom is 0.0352 e. The van der Waals surface area contributed by atoms with Gasteiger partial charge in [-0.15, -0.1) is 0 Å². The van der Waals surface area contributed by atoms with E-state index in [0.717, 1.165) is 6.54 Å². The van der Waals surface area contributed by atoms with Crippen LogP contribution in [0.5, 0.6) is 0 Å². The molecular weight excluding hydrogens is 196 g/mol. The molecule has 0 radical (unpaired) electrons. The van der Waals surface area contributed by atoms with E-state index in [0.29, 0.717) is 5.54 Å². The highest BCUT2D eigenvalue weighted by atomic mass is 15.2. The molecule has 0 bridgehead atoms. The first-order valence-electron chi connectivity index (χ1n) is 6.28. The van der Waals surface area contributed by atoms with Crippen LogP contribution in [0.2, 0.25) is 0 Å². The van der Waals surface area contributed by atoms with Gasteiger partial charge >= 0.3 is 0 Å². The smallest absolute Gasteiger partial charge is 0.0352 e. The van der Waals surface area contributed by atoms with Gasteiger partial charge in [-0.05, 0) is 37.4 Å². The summed E-state index contributed by atoms with van der Waals surface area (Å²) >= 11 is 0. The van der Waals surface area contributed by atoms with Crippen LogP contribution in [-0.2, 0) is 12.8 Å². The minimum Gasteiger partial charge on any atom is -0.308 e. The van der Waals surface area contributed by atoms with Gasteiger partial charge in [0, 0.05) is 25.2 Å². The molecule has 1 aliphatic heterocycles. The van der Waals surface area contributed by atoms with Crippen molar-refractivity contribution in [3.8, 4) is 0 Å². The molecule has 1 unspecified atom stereocenters. The van der Waals surface area contributed by atoms with Crippen LogP contribution in [0.3, 0.4) is 0 Å². The highest BCUT2D eigenvalue weighted by molar-refractivity contribution is 5.32. The molecule has 1 aromatic carbocycles. The van der Waals surface area contributed by atoms with Crippen LogP contribution in [0.4, 0.5) is 0 Å². The van der Waals surface area contributed by atoms with Crippen molar-refractivity contribution in [1.29, 1.82) is 0 Å². The summed E-state index contributed by atoms with van der Waals surface area (Å²) in [5.41, 5.74) is 3.46. The molecule has 1 aliphatic carbocycles. The van der Waals surface area contributed by atoms with Gasteiger partial charge in [0.15, 0.2) is 0 Å². The van der Waals surface area contributed by atoms with E-state index in [9.17, 15) is 0 Å². The second-order valence-electron chi connectivity index (χ2n) is 5.39. The van der Waals surface area contributed by atoms with E-state index in [1.807, 2.05) is 0 Å². The lowest BCUT2D eigenvalue weighted by Gasteiger charge is -2.45. The van der Waals surface area contributed by atoms with E-state index in [1.54, 1.807) is 11.1 Å². The molecule has 2 nitrogen and oxygen atoms in total. The van der Waals surface area contributed by atoms with E-state index >= 15 is 0 Å². The van der Waals surface area contributed by atoms with Crippen molar-refractivity contribution in [2.75, 3.05) is 26.7 Å². The normalized spacial score (nSPS) is 30.3. The fourth-order valence-corrected chi connectivity index (χ4v) is 3.25. The number of likely N-dealkylation sites (N-methyl/N-ethyl adjacent to an activating group) is 1. The molecule has 1 atom stereocenters. The molecule has 1 heterocycles. The van der Waals surface area contributed by atoms with Crippen LogP contribution in [0.25, 0.3) is 0 Å². The van der Waals surface area contributed by atoms with Crippen molar-refractivity contribution in [3.05, 3.63) is 35.4 Å². The van der Waals surface area contributed by atoms with Gasteiger partial charge in [-0.3, -0.25) is 0 Å². The number of aryl methyl sites for hydroxylation is 1. The predicted molar refractivity (Wildman–Crippen MR) is 66.7 cm³/mol. The summed E-state index contributed by atoms with van der Waals surface area (Å²) in [5, 5.41) is 3.76. The molecule has 2 heteroatoms. The molecule has 16 heavy (non-hydrogen) atoms. The Kier molecular flexibility index (Phi) is 2.49. The standard InChI is InChI=1S/C14H20N2/c1-16-9-8-15-14(11-16)7-6-12-4-2-3-5-13(12)10-14/h2-5,15H,6-11H2,1H3. The Morgan fingerprint density at radius 2 is 2.06 bits per heavy atom. The second-order valence-corrected chi connectivity index (χ2v) is 5.39. The molecule has 86 valence electrons. The van der Waals surface area contributed by atoms with Gasteiger partial charge in [-0.1, -0.05) is 24.3 Å². The number of rotatable bonds is 0. The van der Waals surface area contributed by atoms with Crippen LogP contribution in [0, 0.1) is 0 Å². The maximum absolute atomic E-state index is 3.76. The van der Waals surface area contributed by atoms with Crippen molar-refractivity contribution >= 4 is 0 Å². The average Bonchev–Trinajstić information content (AvgIpc) is 2.28. The molecule has 2 aliphatic rings. The topological polar surface area (TPSA) is 15.3 Å². The molecular formula is C14H20N2. The van der Waals surface area contributed by atoms with Crippen molar-refractivity contribution in [3.63, 3.8) is 0 Å². The Morgan fingerprint density at radius 1 is 1.25 bits per heavy atom. The number of fused-ring (bicyclic) bond motifs is 1. The molecule has 1 fully saturated rings. The Balaban J connectivity index is 1.86.